The summed E-state index contributed by atoms with van der Waals surface area (Å²) in [6, 6.07) is 8.67. The predicted molar refractivity (Wildman–Crippen MR) is 135 cm³/mol. The number of rotatable bonds is 3. The molecule has 188 valence electrons. The smallest absolute Gasteiger partial charge is 0.236 e. The Bertz CT molecular complexity index is 834. The number of carbonyl (C=O) groups is 2. The van der Waals surface area contributed by atoms with Gasteiger partial charge in [-0.25, -0.2) is 0 Å². The molecule has 1 aromatic rings. The standard InChI is InChI=1S/C28H43N3O3/c1-3-30-20-21-34-25-13-5-4-11-24(25)12-6-8-14-28(27(30)33)15-18-29(19-16-28)22-26(32)31-17-9-7-10-23(31)2/h4-5,11,13,23H,3,6-10,12,14-22H2,1-2H3. The van der Waals surface area contributed by atoms with Crippen molar-refractivity contribution in [2.24, 2.45) is 5.41 Å². The van der Waals surface area contributed by atoms with Gasteiger partial charge in [0.15, 0.2) is 0 Å². The number of likely N-dealkylation sites (tertiary alicyclic amines) is 2. The summed E-state index contributed by atoms with van der Waals surface area (Å²) >= 11 is 0. The van der Waals surface area contributed by atoms with E-state index < -0.39 is 0 Å². The molecule has 3 aliphatic rings. The van der Waals surface area contributed by atoms with Crippen LogP contribution in [-0.2, 0) is 16.0 Å². The van der Waals surface area contributed by atoms with E-state index in [1.54, 1.807) is 0 Å². The highest BCUT2D eigenvalue weighted by atomic mass is 16.5. The minimum atomic E-state index is -0.299. The second-order valence-electron chi connectivity index (χ2n) is 10.5. The molecule has 6 nitrogen and oxygen atoms in total. The van der Waals surface area contributed by atoms with Gasteiger partial charge in [0.25, 0.3) is 0 Å². The van der Waals surface area contributed by atoms with E-state index in [-0.39, 0.29) is 11.3 Å². The number of likely N-dealkylation sites (N-methyl/N-ethyl adjacent to an activating group) is 1. The normalized spacial score (nSPS) is 24.6. The Kier molecular flexibility index (Phi) is 8.51. The third-order valence-corrected chi connectivity index (χ3v) is 8.36. The molecule has 0 N–H and O–H groups in total. The number of fused-ring (bicyclic) bond motifs is 1. The number of benzene rings is 1. The fraction of sp³-hybridized carbons (Fsp3) is 0.714. The number of carbonyl (C=O) groups excluding carboxylic acids is 2. The first-order chi connectivity index (χ1) is 16.5. The topological polar surface area (TPSA) is 53.1 Å². The zero-order valence-electron chi connectivity index (χ0n) is 21.3. The first-order valence-corrected chi connectivity index (χ1v) is 13.5. The Morgan fingerprint density at radius 3 is 2.59 bits per heavy atom. The van der Waals surface area contributed by atoms with Crippen LogP contribution >= 0.6 is 0 Å². The predicted octanol–water partition coefficient (Wildman–Crippen LogP) is 4.12. The summed E-state index contributed by atoms with van der Waals surface area (Å²) in [5.41, 5.74) is 0.971. The van der Waals surface area contributed by atoms with Crippen molar-refractivity contribution in [2.45, 2.75) is 77.7 Å². The van der Waals surface area contributed by atoms with Crippen LogP contribution in [-0.4, -0.2) is 78.4 Å². The molecule has 1 spiro atoms. The van der Waals surface area contributed by atoms with Gasteiger partial charge in [-0.2, -0.15) is 0 Å². The lowest BCUT2D eigenvalue weighted by Gasteiger charge is -2.44. The van der Waals surface area contributed by atoms with E-state index in [1.165, 1.54) is 12.0 Å². The number of nitrogens with zero attached hydrogens (tertiary/aromatic N) is 3. The molecule has 1 atom stereocenters. The van der Waals surface area contributed by atoms with Crippen LogP contribution in [0.15, 0.2) is 24.3 Å². The molecule has 1 unspecified atom stereocenters. The van der Waals surface area contributed by atoms with Gasteiger partial charge in [0, 0.05) is 19.1 Å². The largest absolute Gasteiger partial charge is 0.491 e. The molecule has 3 aliphatic heterocycles. The number of piperidine rings is 2. The first-order valence-electron chi connectivity index (χ1n) is 13.5. The van der Waals surface area contributed by atoms with Crippen molar-refractivity contribution < 1.29 is 14.3 Å². The molecule has 2 fully saturated rings. The molecule has 0 radical (unpaired) electrons. The maximum absolute atomic E-state index is 13.8. The van der Waals surface area contributed by atoms with Gasteiger partial charge in [0.05, 0.1) is 18.5 Å². The van der Waals surface area contributed by atoms with E-state index >= 15 is 0 Å². The molecule has 2 saturated heterocycles. The van der Waals surface area contributed by atoms with Crippen LogP contribution in [0.2, 0.25) is 0 Å². The highest BCUT2D eigenvalue weighted by Gasteiger charge is 2.43. The Hall–Kier alpha value is -2.08. The SMILES string of the molecule is CCN1CCOc2ccccc2CCCCC2(CCN(CC(=O)N3CCCCC3C)CC2)C1=O. The maximum atomic E-state index is 13.8. The number of amides is 2. The third kappa shape index (κ3) is 5.76. The lowest BCUT2D eigenvalue weighted by molar-refractivity contribution is -0.146. The van der Waals surface area contributed by atoms with Crippen LogP contribution in [0.5, 0.6) is 5.75 Å². The summed E-state index contributed by atoms with van der Waals surface area (Å²) in [5, 5.41) is 0. The van der Waals surface area contributed by atoms with Crippen LogP contribution in [0.1, 0.15) is 70.8 Å². The van der Waals surface area contributed by atoms with Gasteiger partial charge in [0.2, 0.25) is 11.8 Å². The van der Waals surface area contributed by atoms with Crippen molar-refractivity contribution in [1.29, 1.82) is 0 Å². The van der Waals surface area contributed by atoms with E-state index in [0.717, 1.165) is 76.8 Å². The molecule has 0 aromatic heterocycles. The minimum absolute atomic E-state index is 0.263. The van der Waals surface area contributed by atoms with Gasteiger partial charge < -0.3 is 14.5 Å². The van der Waals surface area contributed by atoms with Crippen molar-refractivity contribution in [3.8, 4) is 5.75 Å². The number of ether oxygens (including phenoxy) is 1. The molecule has 2 amide bonds. The molecule has 0 saturated carbocycles. The Morgan fingerprint density at radius 2 is 1.82 bits per heavy atom. The van der Waals surface area contributed by atoms with E-state index in [2.05, 4.69) is 35.8 Å². The zero-order chi connectivity index (χ0) is 24.0. The monoisotopic (exact) mass is 469 g/mol. The maximum Gasteiger partial charge on any atom is 0.236 e. The molecule has 6 heteroatoms. The number of hydrogen-bond donors (Lipinski definition) is 0. The van der Waals surface area contributed by atoms with Crippen molar-refractivity contribution >= 4 is 11.8 Å². The lowest BCUT2D eigenvalue weighted by atomic mass is 9.73. The highest BCUT2D eigenvalue weighted by Crippen LogP contribution is 2.39. The van der Waals surface area contributed by atoms with Crippen LogP contribution in [0.25, 0.3) is 0 Å². The van der Waals surface area contributed by atoms with Crippen molar-refractivity contribution in [2.75, 3.05) is 45.9 Å². The van der Waals surface area contributed by atoms with Gasteiger partial charge in [-0.3, -0.25) is 14.5 Å². The van der Waals surface area contributed by atoms with Crippen molar-refractivity contribution in [3.63, 3.8) is 0 Å². The van der Waals surface area contributed by atoms with E-state index in [0.29, 0.717) is 38.2 Å². The Balaban J connectivity index is 1.40. The third-order valence-electron chi connectivity index (χ3n) is 8.36. The average Bonchev–Trinajstić information content (AvgIpc) is 2.85. The van der Waals surface area contributed by atoms with E-state index in [1.807, 2.05) is 17.0 Å². The van der Waals surface area contributed by atoms with Crippen molar-refractivity contribution in [3.05, 3.63) is 29.8 Å². The molecule has 0 bridgehead atoms. The summed E-state index contributed by atoms with van der Waals surface area (Å²) in [6.45, 7) is 9.16. The summed E-state index contributed by atoms with van der Waals surface area (Å²) in [7, 11) is 0. The van der Waals surface area contributed by atoms with E-state index in [9.17, 15) is 9.59 Å². The highest BCUT2D eigenvalue weighted by molar-refractivity contribution is 5.83. The Morgan fingerprint density at radius 1 is 1.03 bits per heavy atom. The zero-order valence-corrected chi connectivity index (χ0v) is 21.3. The van der Waals surface area contributed by atoms with Crippen LogP contribution < -0.4 is 4.74 Å². The van der Waals surface area contributed by atoms with Gasteiger partial charge in [-0.05, 0) is 89.9 Å². The molecular weight excluding hydrogens is 426 g/mol. The van der Waals surface area contributed by atoms with Gasteiger partial charge in [-0.1, -0.05) is 24.6 Å². The average molecular weight is 470 g/mol. The van der Waals surface area contributed by atoms with Gasteiger partial charge in [0.1, 0.15) is 12.4 Å². The summed E-state index contributed by atoms with van der Waals surface area (Å²) in [4.78, 5) is 33.1. The number of hydrogen-bond acceptors (Lipinski definition) is 4. The molecule has 3 heterocycles. The van der Waals surface area contributed by atoms with Crippen LogP contribution in [0.4, 0.5) is 0 Å². The molecule has 4 rings (SSSR count). The summed E-state index contributed by atoms with van der Waals surface area (Å²) < 4.78 is 6.10. The second kappa shape index (κ2) is 11.6. The van der Waals surface area contributed by atoms with Crippen LogP contribution in [0.3, 0.4) is 0 Å². The fourth-order valence-electron chi connectivity index (χ4n) is 6.10. The summed E-state index contributed by atoms with van der Waals surface area (Å²) in [6.07, 6.45) is 9.20. The second-order valence-corrected chi connectivity index (χ2v) is 10.5. The van der Waals surface area contributed by atoms with Crippen molar-refractivity contribution in [1.82, 2.24) is 14.7 Å². The molecular formula is C28H43N3O3. The molecule has 1 aromatic carbocycles. The summed E-state index contributed by atoms with van der Waals surface area (Å²) in [5.74, 6) is 1.52. The number of aryl methyl sites for hydroxylation is 1. The first kappa shape index (κ1) is 25.0. The lowest BCUT2D eigenvalue weighted by Crippen LogP contribution is -2.53. The molecule has 0 aliphatic carbocycles. The minimum Gasteiger partial charge on any atom is -0.491 e. The quantitative estimate of drug-likeness (QED) is 0.668. The fourth-order valence-corrected chi connectivity index (χ4v) is 6.10. The van der Waals surface area contributed by atoms with Crippen LogP contribution in [0, 0.1) is 5.41 Å². The molecule has 34 heavy (non-hydrogen) atoms. The van der Waals surface area contributed by atoms with Gasteiger partial charge in [-0.15, -0.1) is 0 Å². The number of para-hydroxylation sites is 1. The van der Waals surface area contributed by atoms with E-state index in [4.69, 9.17) is 4.74 Å². The van der Waals surface area contributed by atoms with Gasteiger partial charge >= 0.3 is 0 Å². The Labute approximate surface area is 205 Å².